The Labute approximate surface area is 170 Å². The number of rotatable bonds is 7. The van der Waals surface area contributed by atoms with Gasteiger partial charge in [-0.1, -0.05) is 36.4 Å². The third kappa shape index (κ3) is 6.71. The second-order valence-electron chi connectivity index (χ2n) is 5.96. The molecule has 3 N–H and O–H groups in total. The van der Waals surface area contributed by atoms with Crippen LogP contribution < -0.4 is 11.1 Å². The molecule has 27 heavy (non-hydrogen) atoms. The Kier molecular flexibility index (Phi) is 8.33. The number of hydrogen-bond acceptors (Lipinski definition) is 4. The van der Waals surface area contributed by atoms with Gasteiger partial charge in [-0.25, -0.2) is 0 Å². The fourth-order valence-corrected chi connectivity index (χ4v) is 3.33. The van der Waals surface area contributed by atoms with Crippen LogP contribution in [-0.4, -0.2) is 16.9 Å². The van der Waals surface area contributed by atoms with Crippen LogP contribution in [0.4, 0.5) is 5.69 Å². The zero-order valence-electron chi connectivity index (χ0n) is 14.7. The molecule has 1 amide bonds. The van der Waals surface area contributed by atoms with Crippen molar-refractivity contribution in [1.82, 2.24) is 4.98 Å². The molecule has 1 heterocycles. The van der Waals surface area contributed by atoms with E-state index in [1.165, 1.54) is 5.56 Å². The number of halogens is 1. The Balaban J connectivity index is 0.00000261. The summed E-state index contributed by atoms with van der Waals surface area (Å²) in [5.74, 6) is 0.723. The van der Waals surface area contributed by atoms with Gasteiger partial charge in [0.15, 0.2) is 0 Å². The van der Waals surface area contributed by atoms with Crippen LogP contribution >= 0.6 is 24.2 Å². The number of nitrogens with two attached hydrogens (primary N) is 1. The zero-order valence-corrected chi connectivity index (χ0v) is 16.4. The Morgan fingerprint density at radius 3 is 2.37 bits per heavy atom. The molecule has 1 atom stereocenters. The lowest BCUT2D eigenvalue weighted by molar-refractivity contribution is -0.117. The normalized spacial score (nSPS) is 11.3. The van der Waals surface area contributed by atoms with Crippen LogP contribution in [0.2, 0.25) is 0 Å². The summed E-state index contributed by atoms with van der Waals surface area (Å²) in [6.07, 6.45) is 3.89. The van der Waals surface area contributed by atoms with Crippen molar-refractivity contribution < 1.29 is 4.79 Å². The molecule has 0 saturated heterocycles. The van der Waals surface area contributed by atoms with Gasteiger partial charge in [0, 0.05) is 28.7 Å². The van der Waals surface area contributed by atoms with Crippen molar-refractivity contribution in [3.05, 3.63) is 90.3 Å². The van der Waals surface area contributed by atoms with E-state index in [2.05, 4.69) is 22.4 Å². The number of carbonyl (C=O) groups excluding carboxylic acids is 1. The number of nitrogens with zero attached hydrogens (tertiary/aromatic N) is 1. The quantitative estimate of drug-likeness (QED) is 0.581. The molecule has 0 aliphatic carbocycles. The van der Waals surface area contributed by atoms with E-state index in [1.807, 2.05) is 54.6 Å². The number of amides is 1. The summed E-state index contributed by atoms with van der Waals surface area (Å²) in [5, 5.41) is 2.87. The van der Waals surface area contributed by atoms with Gasteiger partial charge in [-0.2, -0.15) is 0 Å². The predicted octanol–water partition coefficient (Wildman–Crippen LogP) is 4.30. The third-order valence-corrected chi connectivity index (χ3v) is 4.97. The van der Waals surface area contributed by atoms with Crippen LogP contribution in [0.25, 0.3) is 0 Å². The molecule has 140 valence electrons. The van der Waals surface area contributed by atoms with Crippen LogP contribution in [0.15, 0.2) is 84.0 Å². The molecule has 0 aliphatic rings. The molecule has 0 bridgehead atoms. The summed E-state index contributed by atoms with van der Waals surface area (Å²) >= 11 is 1.76. The first-order valence-corrected chi connectivity index (χ1v) is 9.41. The van der Waals surface area contributed by atoms with E-state index < -0.39 is 6.04 Å². The number of pyridine rings is 1. The molecule has 1 aromatic heterocycles. The first-order valence-electron chi connectivity index (χ1n) is 8.43. The van der Waals surface area contributed by atoms with E-state index in [9.17, 15) is 4.79 Å². The van der Waals surface area contributed by atoms with E-state index in [-0.39, 0.29) is 18.3 Å². The highest BCUT2D eigenvalue weighted by molar-refractivity contribution is 7.98. The maximum absolute atomic E-state index is 12.3. The van der Waals surface area contributed by atoms with Crippen LogP contribution in [-0.2, 0) is 17.0 Å². The summed E-state index contributed by atoms with van der Waals surface area (Å²) < 4.78 is 0. The Bertz CT molecular complexity index is 829. The van der Waals surface area contributed by atoms with E-state index in [1.54, 1.807) is 24.2 Å². The van der Waals surface area contributed by atoms with Crippen molar-refractivity contribution in [1.29, 1.82) is 0 Å². The summed E-state index contributed by atoms with van der Waals surface area (Å²) in [7, 11) is 0. The summed E-state index contributed by atoms with van der Waals surface area (Å²) in [5.41, 5.74) is 8.98. The molecule has 3 aromatic rings. The lowest BCUT2D eigenvalue weighted by Crippen LogP contribution is -2.37. The molecule has 0 aliphatic heterocycles. The topological polar surface area (TPSA) is 68.0 Å². The molecule has 3 rings (SSSR count). The lowest BCUT2D eigenvalue weighted by atomic mass is 10.1. The number of hydrogen-bond donors (Lipinski definition) is 2. The highest BCUT2D eigenvalue weighted by Crippen LogP contribution is 2.24. The predicted molar refractivity (Wildman–Crippen MR) is 114 cm³/mol. The summed E-state index contributed by atoms with van der Waals surface area (Å²) in [4.78, 5) is 17.5. The maximum atomic E-state index is 12.3. The van der Waals surface area contributed by atoms with Gasteiger partial charge in [-0.15, -0.1) is 24.2 Å². The van der Waals surface area contributed by atoms with Crippen molar-refractivity contribution >= 4 is 35.8 Å². The van der Waals surface area contributed by atoms with E-state index in [0.29, 0.717) is 6.42 Å². The largest absolute Gasteiger partial charge is 0.325 e. The van der Waals surface area contributed by atoms with Gasteiger partial charge in [-0.05, 0) is 47.9 Å². The van der Waals surface area contributed by atoms with Gasteiger partial charge in [0.2, 0.25) is 5.91 Å². The molecular formula is C21H22ClN3OS. The lowest BCUT2D eigenvalue weighted by Gasteiger charge is -2.12. The van der Waals surface area contributed by atoms with Crippen molar-refractivity contribution in [3.8, 4) is 0 Å². The van der Waals surface area contributed by atoms with Crippen LogP contribution in [0.5, 0.6) is 0 Å². The fraction of sp³-hybridized carbons (Fsp3) is 0.143. The van der Waals surface area contributed by atoms with Crippen LogP contribution in [0, 0.1) is 0 Å². The standard InChI is InChI=1S/C21H21N3OS.ClH/c22-20(13-17-7-4-12-23-14-17)21(25)24-18-8-10-19(11-9-18)26-15-16-5-2-1-3-6-16;/h1-12,14,20H,13,15,22H2,(H,24,25);1H/t20-;/m0./s1. The summed E-state index contributed by atoms with van der Waals surface area (Å²) in [6, 6.07) is 21.3. The molecule has 0 saturated carbocycles. The molecule has 0 spiro atoms. The van der Waals surface area contributed by atoms with Gasteiger partial charge in [0.25, 0.3) is 0 Å². The highest BCUT2D eigenvalue weighted by Gasteiger charge is 2.14. The Hall–Kier alpha value is -2.34. The van der Waals surface area contributed by atoms with Crippen molar-refractivity contribution in [3.63, 3.8) is 0 Å². The number of aromatic nitrogens is 1. The van der Waals surface area contributed by atoms with Crippen molar-refractivity contribution in [2.24, 2.45) is 5.73 Å². The fourth-order valence-electron chi connectivity index (χ4n) is 2.48. The van der Waals surface area contributed by atoms with Crippen molar-refractivity contribution in [2.75, 3.05) is 5.32 Å². The monoisotopic (exact) mass is 399 g/mol. The molecule has 2 aromatic carbocycles. The molecule has 6 heteroatoms. The van der Waals surface area contributed by atoms with E-state index in [4.69, 9.17) is 5.73 Å². The number of carbonyl (C=O) groups is 1. The smallest absolute Gasteiger partial charge is 0.241 e. The van der Waals surface area contributed by atoms with Crippen LogP contribution in [0.3, 0.4) is 0 Å². The van der Waals surface area contributed by atoms with E-state index >= 15 is 0 Å². The molecule has 4 nitrogen and oxygen atoms in total. The van der Waals surface area contributed by atoms with E-state index in [0.717, 1.165) is 21.9 Å². The first kappa shape index (κ1) is 21.0. The minimum Gasteiger partial charge on any atom is -0.325 e. The average Bonchev–Trinajstić information content (AvgIpc) is 2.69. The highest BCUT2D eigenvalue weighted by atomic mass is 35.5. The molecule has 0 radical (unpaired) electrons. The number of nitrogens with one attached hydrogen (secondary N) is 1. The van der Waals surface area contributed by atoms with Crippen molar-refractivity contribution in [2.45, 2.75) is 23.1 Å². The SMILES string of the molecule is Cl.N[C@@H](Cc1cccnc1)C(=O)Nc1ccc(SCc2ccccc2)cc1. The second-order valence-corrected chi connectivity index (χ2v) is 7.01. The Morgan fingerprint density at radius 1 is 1.00 bits per heavy atom. The molecular weight excluding hydrogens is 378 g/mol. The number of benzene rings is 2. The van der Waals surface area contributed by atoms with Gasteiger partial charge < -0.3 is 11.1 Å². The average molecular weight is 400 g/mol. The van der Waals surface area contributed by atoms with Gasteiger partial charge in [-0.3, -0.25) is 9.78 Å². The molecule has 0 unspecified atom stereocenters. The minimum absolute atomic E-state index is 0. The second kappa shape index (κ2) is 10.7. The van der Waals surface area contributed by atoms with Gasteiger partial charge in [0.05, 0.1) is 6.04 Å². The first-order chi connectivity index (χ1) is 12.7. The van der Waals surface area contributed by atoms with Gasteiger partial charge in [0.1, 0.15) is 0 Å². The zero-order chi connectivity index (χ0) is 18.2. The summed E-state index contributed by atoms with van der Waals surface area (Å²) in [6.45, 7) is 0. The Morgan fingerprint density at radius 2 is 1.70 bits per heavy atom. The minimum atomic E-state index is -0.605. The van der Waals surface area contributed by atoms with Crippen LogP contribution in [0.1, 0.15) is 11.1 Å². The van der Waals surface area contributed by atoms with Gasteiger partial charge >= 0.3 is 0 Å². The third-order valence-electron chi connectivity index (χ3n) is 3.89. The number of thioether (sulfide) groups is 1. The number of anilines is 1. The maximum Gasteiger partial charge on any atom is 0.241 e. The molecule has 0 fully saturated rings.